The molecule has 0 radical (unpaired) electrons. The fraction of sp³-hybridized carbons (Fsp3) is 0.150. The first-order valence-corrected chi connectivity index (χ1v) is 11.5. The summed E-state index contributed by atoms with van der Waals surface area (Å²) in [6.45, 7) is 1.93. The highest BCUT2D eigenvalue weighted by Crippen LogP contribution is 2.45. The lowest BCUT2D eigenvalue weighted by Crippen LogP contribution is -2.20. The summed E-state index contributed by atoms with van der Waals surface area (Å²) in [7, 11) is 0. The third-order valence-electron chi connectivity index (χ3n) is 4.72. The largest absolute Gasteiger partial charge is 0.420 e. The number of thioether (sulfide) groups is 1. The zero-order valence-corrected chi connectivity index (χ0v) is 17.8. The molecule has 0 spiro atoms. The van der Waals surface area contributed by atoms with Gasteiger partial charge in [0.2, 0.25) is 11.8 Å². The van der Waals surface area contributed by atoms with Crippen molar-refractivity contribution in [2.24, 2.45) is 5.73 Å². The molecular formula is C20H15N5OS3. The minimum absolute atomic E-state index is 0.121. The van der Waals surface area contributed by atoms with E-state index in [4.69, 9.17) is 10.5 Å². The van der Waals surface area contributed by atoms with Gasteiger partial charge in [0.05, 0.1) is 21.7 Å². The smallest absolute Gasteiger partial charge is 0.244 e. The maximum absolute atomic E-state index is 9.67. The monoisotopic (exact) mass is 437 g/mol. The van der Waals surface area contributed by atoms with Gasteiger partial charge in [-0.1, -0.05) is 23.9 Å². The molecule has 3 N–H and O–H groups in total. The molecule has 0 aliphatic carbocycles. The second-order valence-electron chi connectivity index (χ2n) is 6.59. The van der Waals surface area contributed by atoms with Crippen molar-refractivity contribution in [1.82, 2.24) is 15.2 Å². The molecule has 0 saturated carbocycles. The van der Waals surface area contributed by atoms with Gasteiger partial charge in [-0.15, -0.1) is 27.8 Å². The van der Waals surface area contributed by atoms with Crippen LogP contribution in [-0.2, 0) is 5.75 Å². The Bertz CT molecular complexity index is 1260. The van der Waals surface area contributed by atoms with Gasteiger partial charge in [-0.2, -0.15) is 5.26 Å². The number of fused-ring (bicyclic) bond motifs is 2. The molecule has 0 unspecified atom stereocenters. The number of H-pyrrole nitrogens is 1. The van der Waals surface area contributed by atoms with E-state index in [1.165, 1.54) is 10.3 Å². The summed E-state index contributed by atoms with van der Waals surface area (Å²) in [5.41, 5.74) is 10.4. The van der Waals surface area contributed by atoms with Crippen molar-refractivity contribution in [3.05, 3.63) is 68.9 Å². The average Bonchev–Trinajstić information content (AvgIpc) is 3.43. The Labute approximate surface area is 179 Å². The maximum Gasteiger partial charge on any atom is 0.244 e. The Kier molecular flexibility index (Phi) is 4.54. The molecule has 0 amide bonds. The molecule has 1 aliphatic heterocycles. The van der Waals surface area contributed by atoms with E-state index in [1.807, 2.05) is 25.1 Å². The van der Waals surface area contributed by atoms with Crippen molar-refractivity contribution >= 4 is 44.7 Å². The summed E-state index contributed by atoms with van der Waals surface area (Å²) in [6, 6.07) is 12.5. The second kappa shape index (κ2) is 7.22. The molecule has 5 rings (SSSR count). The molecule has 4 aromatic rings. The number of nitriles is 1. The number of aromatic amines is 1. The van der Waals surface area contributed by atoms with E-state index in [0.29, 0.717) is 11.5 Å². The number of ether oxygens (including phenoxy) is 1. The first-order valence-electron chi connectivity index (χ1n) is 8.82. The molecule has 3 aromatic heterocycles. The molecule has 0 fully saturated rings. The highest BCUT2D eigenvalue weighted by Gasteiger charge is 2.35. The van der Waals surface area contributed by atoms with Crippen LogP contribution < -0.4 is 10.5 Å². The van der Waals surface area contributed by atoms with E-state index in [2.05, 4.69) is 38.8 Å². The van der Waals surface area contributed by atoms with Crippen LogP contribution in [0, 0.1) is 18.3 Å². The number of nitrogens with one attached hydrogen (secondary N) is 1. The van der Waals surface area contributed by atoms with E-state index in [1.54, 1.807) is 34.4 Å². The fourth-order valence-corrected chi connectivity index (χ4v) is 6.50. The summed E-state index contributed by atoms with van der Waals surface area (Å²) >= 11 is 5.06. The third-order valence-corrected chi connectivity index (χ3v) is 8.02. The topological polar surface area (TPSA) is 101 Å². The molecule has 1 aliphatic rings. The lowest BCUT2D eigenvalue weighted by Gasteiger charge is -2.22. The van der Waals surface area contributed by atoms with E-state index in [9.17, 15) is 5.26 Å². The minimum Gasteiger partial charge on any atom is -0.420 e. The van der Waals surface area contributed by atoms with Gasteiger partial charge in [0.15, 0.2) is 4.34 Å². The van der Waals surface area contributed by atoms with E-state index < -0.39 is 0 Å². The van der Waals surface area contributed by atoms with Crippen LogP contribution in [0.15, 0.2) is 51.5 Å². The van der Waals surface area contributed by atoms with Crippen molar-refractivity contribution in [2.45, 2.75) is 22.9 Å². The van der Waals surface area contributed by atoms with Crippen LogP contribution in [0.5, 0.6) is 5.88 Å². The molecule has 0 saturated heterocycles. The van der Waals surface area contributed by atoms with Gasteiger partial charge in [-0.05, 0) is 36.1 Å². The standard InChI is InChI=1S/C20H15N5OS3/c1-10-16-17(12(7-21)18(22)26-19(16)25-24-10)15-6-11(8-27-15)9-28-20-23-13-4-2-3-5-14(13)29-20/h2-6,8,17H,9,22H2,1H3,(H,24,25)/t17-/m0/s1. The number of hydrogen-bond donors (Lipinski definition) is 2. The maximum atomic E-state index is 9.67. The number of rotatable bonds is 4. The number of thiazole rings is 1. The van der Waals surface area contributed by atoms with Gasteiger partial charge in [-0.3, -0.25) is 5.10 Å². The molecule has 4 heterocycles. The van der Waals surface area contributed by atoms with Crippen molar-refractivity contribution in [1.29, 1.82) is 5.26 Å². The summed E-state index contributed by atoms with van der Waals surface area (Å²) in [5, 5.41) is 18.9. The van der Waals surface area contributed by atoms with E-state index in [0.717, 1.165) is 31.7 Å². The van der Waals surface area contributed by atoms with Crippen LogP contribution in [0.4, 0.5) is 0 Å². The number of para-hydroxylation sites is 1. The highest BCUT2D eigenvalue weighted by atomic mass is 32.2. The van der Waals surface area contributed by atoms with Crippen molar-refractivity contribution < 1.29 is 4.74 Å². The molecule has 144 valence electrons. The van der Waals surface area contributed by atoms with Gasteiger partial charge in [0.25, 0.3) is 0 Å². The number of hydrogen-bond acceptors (Lipinski definition) is 8. The van der Waals surface area contributed by atoms with E-state index in [-0.39, 0.29) is 11.8 Å². The number of allylic oxidation sites excluding steroid dienone is 1. The molecule has 29 heavy (non-hydrogen) atoms. The Morgan fingerprint density at radius 1 is 1.38 bits per heavy atom. The number of nitrogens with zero attached hydrogens (tertiary/aromatic N) is 3. The second-order valence-corrected chi connectivity index (χ2v) is 9.78. The zero-order valence-electron chi connectivity index (χ0n) is 15.3. The fourth-order valence-electron chi connectivity index (χ4n) is 3.36. The Balaban J connectivity index is 1.42. The summed E-state index contributed by atoms with van der Waals surface area (Å²) < 4.78 is 7.79. The Morgan fingerprint density at radius 2 is 2.24 bits per heavy atom. The molecule has 1 atom stereocenters. The van der Waals surface area contributed by atoms with Crippen LogP contribution >= 0.6 is 34.4 Å². The van der Waals surface area contributed by atoms with Gasteiger partial charge in [0.1, 0.15) is 11.6 Å². The number of aryl methyl sites for hydroxylation is 1. The Morgan fingerprint density at radius 3 is 3.07 bits per heavy atom. The summed E-state index contributed by atoms with van der Waals surface area (Å²) in [6.07, 6.45) is 0. The number of benzene rings is 1. The lowest BCUT2D eigenvalue weighted by atomic mass is 9.89. The van der Waals surface area contributed by atoms with Crippen molar-refractivity contribution in [3.63, 3.8) is 0 Å². The van der Waals surface area contributed by atoms with Crippen LogP contribution in [0.3, 0.4) is 0 Å². The molecule has 0 bridgehead atoms. The highest BCUT2D eigenvalue weighted by molar-refractivity contribution is 8.00. The first-order chi connectivity index (χ1) is 14.1. The summed E-state index contributed by atoms with van der Waals surface area (Å²) in [4.78, 5) is 5.74. The SMILES string of the molecule is Cc1[nH]nc2c1[C@H](c1cc(CSc3nc4ccccc4s3)cs1)C(C#N)=C(N)O2. The predicted octanol–water partition coefficient (Wildman–Crippen LogP) is 4.90. The van der Waals surface area contributed by atoms with Crippen molar-refractivity contribution in [3.8, 4) is 11.9 Å². The van der Waals surface area contributed by atoms with Gasteiger partial charge >= 0.3 is 0 Å². The predicted molar refractivity (Wildman–Crippen MR) is 116 cm³/mol. The van der Waals surface area contributed by atoms with Gasteiger partial charge in [-0.25, -0.2) is 4.98 Å². The molecule has 9 heteroatoms. The van der Waals surface area contributed by atoms with Crippen LogP contribution in [0.1, 0.15) is 27.6 Å². The zero-order chi connectivity index (χ0) is 20.0. The minimum atomic E-state index is -0.256. The van der Waals surface area contributed by atoms with Gasteiger partial charge < -0.3 is 10.5 Å². The van der Waals surface area contributed by atoms with Crippen LogP contribution in [0.2, 0.25) is 0 Å². The van der Waals surface area contributed by atoms with Gasteiger partial charge in [0, 0.05) is 16.3 Å². The van der Waals surface area contributed by atoms with Crippen LogP contribution in [0.25, 0.3) is 10.2 Å². The van der Waals surface area contributed by atoms with Crippen LogP contribution in [-0.4, -0.2) is 15.2 Å². The Hall–Kier alpha value is -2.80. The quantitative estimate of drug-likeness (QED) is 0.441. The van der Waals surface area contributed by atoms with E-state index >= 15 is 0 Å². The summed E-state index contributed by atoms with van der Waals surface area (Å²) in [5.74, 6) is 1.13. The number of thiophene rings is 1. The normalized spacial score (nSPS) is 15.9. The number of nitrogens with two attached hydrogens (primary N) is 1. The molecular weight excluding hydrogens is 422 g/mol. The molecule has 6 nitrogen and oxygen atoms in total. The third kappa shape index (κ3) is 3.19. The average molecular weight is 438 g/mol. The van der Waals surface area contributed by atoms with Crippen molar-refractivity contribution in [2.75, 3.05) is 0 Å². The lowest BCUT2D eigenvalue weighted by molar-refractivity contribution is 0.379. The first kappa shape index (κ1) is 18.2. The molecule has 1 aromatic carbocycles. The number of aromatic nitrogens is 3.